The first-order valence-electron chi connectivity index (χ1n) is 6.48. The molecule has 22 heavy (non-hydrogen) atoms. The molecule has 0 atom stereocenters. The Hall–Kier alpha value is -1.73. The Labute approximate surface area is 143 Å². The van der Waals surface area contributed by atoms with E-state index < -0.39 is 0 Å². The predicted octanol–water partition coefficient (Wildman–Crippen LogP) is 4.94. The second kappa shape index (κ2) is 5.81. The van der Waals surface area contributed by atoms with E-state index in [-0.39, 0.29) is 14.3 Å². The molecule has 0 aliphatic carbocycles. The molecule has 0 unspecified atom stereocenters. The Balaban J connectivity index is 2.32. The van der Waals surface area contributed by atoms with Crippen molar-refractivity contribution in [2.24, 2.45) is 7.05 Å². The smallest absolute Gasteiger partial charge is 0.280 e. The fourth-order valence-electron chi connectivity index (χ4n) is 2.48. The van der Waals surface area contributed by atoms with Crippen molar-refractivity contribution >= 4 is 48.6 Å². The van der Waals surface area contributed by atoms with Gasteiger partial charge in [0.2, 0.25) is 0 Å². The molecule has 7 heteroatoms. The Kier molecular flexibility index (Phi) is 4.01. The monoisotopic (exact) mass is 423 g/mol. The molecule has 1 aromatic heterocycles. The van der Waals surface area contributed by atoms with Crippen LogP contribution < -0.4 is 0 Å². The molecular weight excluding hydrogens is 414 g/mol. The summed E-state index contributed by atoms with van der Waals surface area (Å²) in [6.45, 7) is 0. The second-order valence-electron chi connectivity index (χ2n) is 4.78. The summed E-state index contributed by atoms with van der Waals surface area (Å²) < 4.78 is 1.85. The van der Waals surface area contributed by atoms with Crippen LogP contribution in [0.3, 0.4) is 0 Å². The van der Waals surface area contributed by atoms with Gasteiger partial charge in [0, 0.05) is 18.7 Å². The van der Waals surface area contributed by atoms with Crippen LogP contribution in [0.5, 0.6) is 0 Å². The number of nitro benzene ring substituents is 1. The van der Waals surface area contributed by atoms with Gasteiger partial charge in [-0.25, -0.2) is 4.98 Å². The lowest BCUT2D eigenvalue weighted by molar-refractivity contribution is -0.384. The molecule has 0 amide bonds. The minimum atomic E-state index is -0.382. The first kappa shape index (κ1) is 15.2. The predicted molar refractivity (Wildman–Crippen MR) is 93.4 cm³/mol. The number of para-hydroxylation sites is 2. The number of halogens is 2. The number of aryl methyl sites for hydroxylation is 1. The molecule has 0 aliphatic rings. The Morgan fingerprint density at radius 2 is 1.91 bits per heavy atom. The lowest BCUT2D eigenvalue weighted by Gasteiger charge is -2.04. The fraction of sp³-hybridized carbons (Fsp3) is 0.133. The third-order valence-electron chi connectivity index (χ3n) is 3.52. The number of rotatable bonds is 3. The summed E-state index contributed by atoms with van der Waals surface area (Å²) in [4.78, 5) is 15.5. The standard InChI is InChI=1S/C15H11Br2N3O2/c1-19-12-8-4-6-10(14(16)17)13(12)18-15(19)9-5-2-3-7-11(9)20(21)22/h2-8,14H,1H3. The van der Waals surface area contributed by atoms with Crippen LogP contribution in [-0.4, -0.2) is 14.5 Å². The van der Waals surface area contributed by atoms with E-state index in [9.17, 15) is 10.1 Å². The van der Waals surface area contributed by atoms with E-state index >= 15 is 0 Å². The van der Waals surface area contributed by atoms with Gasteiger partial charge >= 0.3 is 0 Å². The first-order chi connectivity index (χ1) is 10.5. The molecule has 0 aliphatic heterocycles. The minimum absolute atomic E-state index is 0.0304. The van der Waals surface area contributed by atoms with E-state index in [1.807, 2.05) is 29.8 Å². The molecule has 0 spiro atoms. The van der Waals surface area contributed by atoms with Gasteiger partial charge in [0.05, 0.1) is 25.3 Å². The van der Waals surface area contributed by atoms with Crippen LogP contribution in [0.1, 0.15) is 9.30 Å². The lowest BCUT2D eigenvalue weighted by atomic mass is 10.1. The van der Waals surface area contributed by atoms with E-state index in [1.165, 1.54) is 6.07 Å². The molecular formula is C15H11Br2N3O2. The van der Waals surface area contributed by atoms with Crippen molar-refractivity contribution in [2.75, 3.05) is 0 Å². The van der Waals surface area contributed by atoms with Gasteiger partial charge in [0.25, 0.3) is 5.69 Å². The topological polar surface area (TPSA) is 61.0 Å². The first-order valence-corrected chi connectivity index (χ1v) is 8.31. The maximum Gasteiger partial charge on any atom is 0.280 e. The van der Waals surface area contributed by atoms with Crippen molar-refractivity contribution in [1.29, 1.82) is 0 Å². The highest BCUT2D eigenvalue weighted by Crippen LogP contribution is 2.37. The summed E-state index contributed by atoms with van der Waals surface area (Å²) in [5.41, 5.74) is 3.29. The van der Waals surface area contributed by atoms with Crippen LogP contribution in [0.15, 0.2) is 42.5 Å². The van der Waals surface area contributed by atoms with Crippen LogP contribution in [0, 0.1) is 10.1 Å². The Morgan fingerprint density at radius 3 is 2.59 bits per heavy atom. The van der Waals surface area contributed by atoms with Gasteiger partial charge in [-0.15, -0.1) is 0 Å². The Bertz CT molecular complexity index is 874. The molecule has 0 fully saturated rings. The average Bonchev–Trinajstić information content (AvgIpc) is 2.84. The van der Waals surface area contributed by atoms with E-state index in [0.29, 0.717) is 11.4 Å². The molecule has 5 nitrogen and oxygen atoms in total. The largest absolute Gasteiger partial charge is 0.327 e. The number of benzene rings is 2. The molecule has 0 N–H and O–H groups in total. The summed E-state index contributed by atoms with van der Waals surface area (Å²) in [5.74, 6) is 0.579. The number of nitro groups is 1. The highest BCUT2D eigenvalue weighted by atomic mass is 79.9. The van der Waals surface area contributed by atoms with Gasteiger partial charge in [0.1, 0.15) is 5.82 Å². The number of alkyl halides is 2. The second-order valence-corrected chi connectivity index (χ2v) is 7.84. The average molecular weight is 425 g/mol. The van der Waals surface area contributed by atoms with Gasteiger partial charge in [-0.2, -0.15) is 0 Å². The van der Waals surface area contributed by atoms with Crippen molar-refractivity contribution in [3.8, 4) is 11.4 Å². The number of hydrogen-bond acceptors (Lipinski definition) is 3. The van der Waals surface area contributed by atoms with E-state index in [4.69, 9.17) is 0 Å². The lowest BCUT2D eigenvalue weighted by Crippen LogP contribution is -1.97. The number of imidazole rings is 1. The molecule has 0 radical (unpaired) electrons. The van der Waals surface area contributed by atoms with Crippen LogP contribution in [0.4, 0.5) is 5.69 Å². The van der Waals surface area contributed by atoms with Gasteiger partial charge in [-0.05, 0) is 12.1 Å². The molecule has 1 heterocycles. The van der Waals surface area contributed by atoms with Crippen LogP contribution >= 0.6 is 31.9 Å². The van der Waals surface area contributed by atoms with E-state index in [2.05, 4.69) is 36.8 Å². The van der Waals surface area contributed by atoms with Gasteiger partial charge in [-0.3, -0.25) is 10.1 Å². The highest BCUT2D eigenvalue weighted by molar-refractivity contribution is 9.24. The summed E-state index contributed by atoms with van der Waals surface area (Å²) in [5, 5.41) is 11.3. The highest BCUT2D eigenvalue weighted by Gasteiger charge is 2.21. The summed E-state index contributed by atoms with van der Waals surface area (Å²) in [7, 11) is 1.86. The van der Waals surface area contributed by atoms with E-state index in [0.717, 1.165) is 16.6 Å². The normalized spacial score (nSPS) is 11.3. The van der Waals surface area contributed by atoms with Crippen LogP contribution in [-0.2, 0) is 7.05 Å². The van der Waals surface area contributed by atoms with E-state index in [1.54, 1.807) is 18.2 Å². The van der Waals surface area contributed by atoms with Crippen LogP contribution in [0.2, 0.25) is 0 Å². The third-order valence-corrected chi connectivity index (χ3v) is 4.51. The number of nitrogens with zero attached hydrogens (tertiary/aromatic N) is 3. The van der Waals surface area contributed by atoms with Crippen molar-refractivity contribution in [1.82, 2.24) is 9.55 Å². The molecule has 0 saturated heterocycles. The molecule has 0 saturated carbocycles. The summed E-state index contributed by atoms with van der Waals surface area (Å²) in [6.07, 6.45) is 0. The van der Waals surface area contributed by atoms with Crippen LogP contribution in [0.25, 0.3) is 22.4 Å². The molecule has 3 aromatic rings. The van der Waals surface area contributed by atoms with Gasteiger partial charge in [-0.1, -0.05) is 56.1 Å². The molecule has 3 rings (SSSR count). The quantitative estimate of drug-likeness (QED) is 0.340. The molecule has 2 aromatic carbocycles. The summed E-state index contributed by atoms with van der Waals surface area (Å²) in [6, 6.07) is 12.5. The van der Waals surface area contributed by atoms with Crippen molar-refractivity contribution in [3.63, 3.8) is 0 Å². The van der Waals surface area contributed by atoms with Crippen molar-refractivity contribution in [3.05, 3.63) is 58.1 Å². The number of fused-ring (bicyclic) bond motifs is 1. The van der Waals surface area contributed by atoms with Gasteiger partial charge in [0.15, 0.2) is 0 Å². The zero-order valence-electron chi connectivity index (χ0n) is 11.5. The summed E-state index contributed by atoms with van der Waals surface area (Å²) >= 11 is 6.98. The molecule has 0 bridgehead atoms. The SMILES string of the molecule is Cn1c(-c2ccccc2[N+](=O)[O-])nc2c(C(Br)Br)cccc21. The Morgan fingerprint density at radius 1 is 1.18 bits per heavy atom. The zero-order valence-corrected chi connectivity index (χ0v) is 14.7. The number of aromatic nitrogens is 2. The third kappa shape index (κ3) is 2.44. The maximum atomic E-state index is 11.3. The number of hydrogen-bond donors (Lipinski definition) is 0. The van der Waals surface area contributed by atoms with Crippen molar-refractivity contribution in [2.45, 2.75) is 3.74 Å². The van der Waals surface area contributed by atoms with Crippen molar-refractivity contribution < 1.29 is 4.92 Å². The minimum Gasteiger partial charge on any atom is -0.327 e. The van der Waals surface area contributed by atoms with Gasteiger partial charge < -0.3 is 4.57 Å². The maximum absolute atomic E-state index is 11.3. The zero-order chi connectivity index (χ0) is 15.9. The fourth-order valence-corrected chi connectivity index (χ4v) is 3.21. The molecule has 112 valence electrons.